The molecule has 23 heavy (non-hydrogen) atoms. The van der Waals surface area contributed by atoms with E-state index < -0.39 is 0 Å². The maximum absolute atomic E-state index is 5.83. The zero-order chi connectivity index (χ0) is 16.2. The minimum atomic E-state index is 0.327. The molecule has 2 aliphatic rings. The van der Waals surface area contributed by atoms with E-state index in [1.807, 2.05) is 0 Å². The van der Waals surface area contributed by atoms with E-state index in [1.54, 1.807) is 0 Å². The zero-order valence-corrected chi connectivity index (χ0v) is 15.0. The van der Waals surface area contributed by atoms with Crippen molar-refractivity contribution >= 4 is 0 Å². The zero-order valence-electron chi connectivity index (χ0n) is 15.0. The SMILES string of the molecule is Cc1c(CN2C[C@@H](C)O[C@@H](C)C2)cnn1CCN1CCCCC1. The van der Waals surface area contributed by atoms with Crippen LogP contribution in [-0.4, -0.2) is 64.5 Å². The molecule has 3 heterocycles. The van der Waals surface area contributed by atoms with Crippen molar-refractivity contribution < 1.29 is 4.74 Å². The lowest BCUT2D eigenvalue weighted by Gasteiger charge is -2.35. The Morgan fingerprint density at radius 2 is 1.74 bits per heavy atom. The van der Waals surface area contributed by atoms with Crippen LogP contribution in [0.5, 0.6) is 0 Å². The minimum absolute atomic E-state index is 0.327. The number of hydrogen-bond acceptors (Lipinski definition) is 4. The molecular formula is C18H32N4O. The van der Waals surface area contributed by atoms with Crippen LogP contribution in [0.2, 0.25) is 0 Å². The summed E-state index contributed by atoms with van der Waals surface area (Å²) in [5.41, 5.74) is 2.69. The first-order valence-electron chi connectivity index (χ1n) is 9.23. The molecule has 0 N–H and O–H groups in total. The average Bonchev–Trinajstić information content (AvgIpc) is 2.86. The summed E-state index contributed by atoms with van der Waals surface area (Å²) in [5, 5.41) is 4.64. The van der Waals surface area contributed by atoms with Gasteiger partial charge in [0.05, 0.1) is 24.9 Å². The highest BCUT2D eigenvalue weighted by Crippen LogP contribution is 2.16. The van der Waals surface area contributed by atoms with Crippen molar-refractivity contribution in [1.82, 2.24) is 19.6 Å². The first-order valence-corrected chi connectivity index (χ1v) is 9.23. The molecule has 0 amide bonds. The molecule has 0 radical (unpaired) electrons. The van der Waals surface area contributed by atoms with E-state index in [1.165, 1.54) is 43.6 Å². The van der Waals surface area contributed by atoms with Crippen LogP contribution < -0.4 is 0 Å². The van der Waals surface area contributed by atoms with Crippen molar-refractivity contribution in [2.45, 2.75) is 65.3 Å². The molecule has 0 spiro atoms. The Morgan fingerprint density at radius 3 is 2.43 bits per heavy atom. The second-order valence-corrected chi connectivity index (χ2v) is 7.33. The van der Waals surface area contributed by atoms with E-state index in [9.17, 15) is 0 Å². The van der Waals surface area contributed by atoms with Crippen molar-refractivity contribution in [1.29, 1.82) is 0 Å². The third-order valence-corrected chi connectivity index (χ3v) is 5.17. The van der Waals surface area contributed by atoms with E-state index in [4.69, 9.17) is 4.74 Å². The molecule has 0 saturated carbocycles. The van der Waals surface area contributed by atoms with Crippen LogP contribution in [0.25, 0.3) is 0 Å². The van der Waals surface area contributed by atoms with Gasteiger partial charge in [-0.2, -0.15) is 5.10 Å². The number of piperidine rings is 1. The number of aromatic nitrogens is 2. The third kappa shape index (κ3) is 4.55. The van der Waals surface area contributed by atoms with Gasteiger partial charge in [0.2, 0.25) is 0 Å². The highest BCUT2D eigenvalue weighted by Gasteiger charge is 2.23. The van der Waals surface area contributed by atoms with Crippen molar-refractivity contribution in [2.24, 2.45) is 0 Å². The van der Waals surface area contributed by atoms with E-state index >= 15 is 0 Å². The number of morpholine rings is 1. The van der Waals surface area contributed by atoms with Crippen LogP contribution in [0.3, 0.4) is 0 Å². The topological polar surface area (TPSA) is 33.5 Å². The van der Waals surface area contributed by atoms with Crippen molar-refractivity contribution in [2.75, 3.05) is 32.7 Å². The molecule has 0 unspecified atom stereocenters. The molecule has 2 saturated heterocycles. The molecule has 1 aromatic heterocycles. The first-order chi connectivity index (χ1) is 11.1. The van der Waals surface area contributed by atoms with Crippen LogP contribution in [0.1, 0.15) is 44.4 Å². The Hall–Kier alpha value is -0.910. The summed E-state index contributed by atoms with van der Waals surface area (Å²) in [6, 6.07) is 0. The third-order valence-electron chi connectivity index (χ3n) is 5.17. The largest absolute Gasteiger partial charge is 0.373 e. The quantitative estimate of drug-likeness (QED) is 0.833. The Kier molecular flexibility index (Phi) is 5.72. The van der Waals surface area contributed by atoms with Gasteiger partial charge in [0.15, 0.2) is 0 Å². The molecule has 130 valence electrons. The number of likely N-dealkylation sites (tertiary alicyclic amines) is 1. The Morgan fingerprint density at radius 1 is 1.04 bits per heavy atom. The van der Waals surface area contributed by atoms with Crippen molar-refractivity contribution in [3.63, 3.8) is 0 Å². The van der Waals surface area contributed by atoms with Gasteiger partial charge in [-0.25, -0.2) is 0 Å². The van der Waals surface area contributed by atoms with E-state index in [0.717, 1.165) is 32.7 Å². The normalized spacial score (nSPS) is 27.4. The maximum Gasteiger partial charge on any atom is 0.0678 e. The van der Waals surface area contributed by atoms with Crippen molar-refractivity contribution in [3.8, 4) is 0 Å². The van der Waals surface area contributed by atoms with E-state index in [2.05, 4.69) is 46.5 Å². The lowest BCUT2D eigenvalue weighted by atomic mass is 10.1. The summed E-state index contributed by atoms with van der Waals surface area (Å²) in [6.45, 7) is 14.2. The molecule has 1 aromatic rings. The predicted molar refractivity (Wildman–Crippen MR) is 92.5 cm³/mol. The summed E-state index contributed by atoms with van der Waals surface area (Å²) in [4.78, 5) is 5.08. The molecular weight excluding hydrogens is 288 g/mol. The Labute approximate surface area is 140 Å². The Bertz CT molecular complexity index is 485. The van der Waals surface area contributed by atoms with Gasteiger partial charge in [-0.3, -0.25) is 9.58 Å². The van der Waals surface area contributed by atoms with Gasteiger partial charge >= 0.3 is 0 Å². The molecule has 0 aliphatic carbocycles. The standard InChI is InChI=1S/C18H32N4O/c1-15-12-21(13-16(2)23-15)14-18-11-19-22(17(18)3)10-9-20-7-5-4-6-8-20/h11,15-16H,4-10,12-14H2,1-3H3/t15-,16+. The lowest BCUT2D eigenvalue weighted by Crippen LogP contribution is -2.44. The fourth-order valence-electron chi connectivity index (χ4n) is 3.94. The molecule has 0 aromatic carbocycles. The van der Waals surface area contributed by atoms with Gasteiger partial charge in [-0.1, -0.05) is 6.42 Å². The summed E-state index contributed by atoms with van der Waals surface area (Å²) in [6.07, 6.45) is 6.84. The number of rotatable bonds is 5. The first kappa shape index (κ1) is 16.9. The summed E-state index contributed by atoms with van der Waals surface area (Å²) < 4.78 is 8.02. The van der Waals surface area contributed by atoms with Crippen LogP contribution in [0.4, 0.5) is 0 Å². The molecule has 3 rings (SSSR count). The van der Waals surface area contributed by atoms with Crippen LogP contribution in [-0.2, 0) is 17.8 Å². The van der Waals surface area contributed by atoms with E-state index in [-0.39, 0.29) is 0 Å². The van der Waals surface area contributed by atoms with E-state index in [0.29, 0.717) is 12.2 Å². The second-order valence-electron chi connectivity index (χ2n) is 7.33. The molecule has 0 bridgehead atoms. The van der Waals surface area contributed by atoms with Gasteiger partial charge in [0.1, 0.15) is 0 Å². The molecule has 2 fully saturated rings. The molecule has 2 atom stereocenters. The van der Waals surface area contributed by atoms with Crippen molar-refractivity contribution in [3.05, 3.63) is 17.5 Å². The van der Waals surface area contributed by atoms with Crippen LogP contribution in [0.15, 0.2) is 6.20 Å². The van der Waals surface area contributed by atoms with Gasteiger partial charge in [0.25, 0.3) is 0 Å². The molecule has 5 nitrogen and oxygen atoms in total. The smallest absolute Gasteiger partial charge is 0.0678 e. The highest BCUT2D eigenvalue weighted by molar-refractivity contribution is 5.16. The van der Waals surface area contributed by atoms with Gasteiger partial charge in [0, 0.05) is 37.4 Å². The monoisotopic (exact) mass is 320 g/mol. The maximum atomic E-state index is 5.83. The predicted octanol–water partition coefficient (Wildman–Crippen LogP) is 2.29. The van der Waals surface area contributed by atoms with Gasteiger partial charge in [-0.05, 0) is 46.7 Å². The van der Waals surface area contributed by atoms with Crippen LogP contribution >= 0.6 is 0 Å². The van der Waals surface area contributed by atoms with Crippen LogP contribution in [0, 0.1) is 6.92 Å². The Balaban J connectivity index is 1.53. The summed E-state index contributed by atoms with van der Waals surface area (Å²) in [7, 11) is 0. The number of nitrogens with zero attached hydrogens (tertiary/aromatic N) is 4. The second kappa shape index (κ2) is 7.77. The fourth-order valence-corrected chi connectivity index (χ4v) is 3.94. The van der Waals surface area contributed by atoms with Gasteiger partial charge < -0.3 is 9.64 Å². The lowest BCUT2D eigenvalue weighted by molar-refractivity contribution is -0.0705. The minimum Gasteiger partial charge on any atom is -0.373 e. The molecule has 2 aliphatic heterocycles. The van der Waals surface area contributed by atoms with Gasteiger partial charge in [-0.15, -0.1) is 0 Å². The number of ether oxygens (including phenoxy) is 1. The summed E-state index contributed by atoms with van der Waals surface area (Å²) in [5.74, 6) is 0. The average molecular weight is 320 g/mol. The fraction of sp³-hybridized carbons (Fsp3) is 0.833. The number of hydrogen-bond donors (Lipinski definition) is 0. The molecule has 5 heteroatoms. The summed E-state index contributed by atoms with van der Waals surface area (Å²) >= 11 is 0. The highest BCUT2D eigenvalue weighted by atomic mass is 16.5.